The van der Waals surface area contributed by atoms with E-state index in [1.165, 1.54) is 0 Å². The van der Waals surface area contributed by atoms with E-state index in [1.807, 2.05) is 20.8 Å². The van der Waals surface area contributed by atoms with E-state index in [9.17, 15) is 0 Å². The van der Waals surface area contributed by atoms with Crippen molar-refractivity contribution in [2.45, 2.75) is 32.8 Å². The predicted molar refractivity (Wildman–Crippen MR) is 65.8 cm³/mol. The van der Waals surface area contributed by atoms with Crippen molar-refractivity contribution >= 4 is 15.9 Å². The van der Waals surface area contributed by atoms with Crippen LogP contribution < -0.4 is 4.74 Å². The summed E-state index contributed by atoms with van der Waals surface area (Å²) in [5.41, 5.74) is 0. The maximum Gasteiger partial charge on any atom is 0.218 e. The van der Waals surface area contributed by atoms with Crippen LogP contribution in [0.15, 0.2) is 10.7 Å². The van der Waals surface area contributed by atoms with E-state index in [1.54, 1.807) is 13.2 Å². The smallest absolute Gasteiger partial charge is 0.218 e. The highest BCUT2D eigenvalue weighted by atomic mass is 79.9. The standard InChI is InChI=1S/C11H17BrN2O2/c1-7(2)11-13-9(12)5-10(14-11)16-8(3)6-15-4/h5,7-8H,6H2,1-4H3. The third kappa shape index (κ3) is 4.06. The topological polar surface area (TPSA) is 44.2 Å². The van der Waals surface area contributed by atoms with Gasteiger partial charge >= 0.3 is 0 Å². The number of hydrogen-bond acceptors (Lipinski definition) is 4. The molecule has 0 bridgehead atoms. The Kier molecular flexibility index (Phi) is 5.15. The third-order valence-corrected chi connectivity index (χ3v) is 2.33. The first-order valence-electron chi connectivity index (χ1n) is 5.23. The van der Waals surface area contributed by atoms with Gasteiger partial charge in [0.2, 0.25) is 5.88 Å². The van der Waals surface area contributed by atoms with Crippen LogP contribution in [0.1, 0.15) is 32.5 Å². The lowest BCUT2D eigenvalue weighted by Gasteiger charge is -2.14. The van der Waals surface area contributed by atoms with Crippen LogP contribution in [-0.2, 0) is 4.74 Å². The lowest BCUT2D eigenvalue weighted by molar-refractivity contribution is 0.0886. The molecule has 0 aromatic carbocycles. The highest BCUT2D eigenvalue weighted by Gasteiger charge is 2.10. The van der Waals surface area contributed by atoms with Crippen molar-refractivity contribution in [1.82, 2.24) is 9.97 Å². The Morgan fingerprint density at radius 2 is 2.00 bits per heavy atom. The molecule has 90 valence electrons. The molecule has 1 aromatic rings. The lowest BCUT2D eigenvalue weighted by atomic mass is 10.2. The first kappa shape index (κ1) is 13.4. The molecule has 0 saturated carbocycles. The van der Waals surface area contributed by atoms with Gasteiger partial charge in [-0.3, -0.25) is 0 Å². The summed E-state index contributed by atoms with van der Waals surface area (Å²) in [6.45, 7) is 6.57. The Hall–Kier alpha value is -0.680. The van der Waals surface area contributed by atoms with E-state index in [0.29, 0.717) is 12.5 Å². The molecule has 0 saturated heterocycles. The number of rotatable bonds is 5. The molecule has 0 N–H and O–H groups in total. The van der Waals surface area contributed by atoms with E-state index < -0.39 is 0 Å². The second-order valence-electron chi connectivity index (χ2n) is 3.93. The highest BCUT2D eigenvalue weighted by Crippen LogP contribution is 2.19. The van der Waals surface area contributed by atoms with Crippen LogP contribution in [0.25, 0.3) is 0 Å². The van der Waals surface area contributed by atoms with Gasteiger partial charge in [-0.15, -0.1) is 0 Å². The molecular weight excluding hydrogens is 272 g/mol. The molecule has 5 heteroatoms. The van der Waals surface area contributed by atoms with Crippen molar-refractivity contribution in [3.8, 4) is 5.88 Å². The molecule has 1 unspecified atom stereocenters. The van der Waals surface area contributed by atoms with Gasteiger partial charge in [-0.1, -0.05) is 13.8 Å². The second-order valence-corrected chi connectivity index (χ2v) is 4.74. The maximum absolute atomic E-state index is 5.62. The zero-order chi connectivity index (χ0) is 12.1. The Morgan fingerprint density at radius 3 is 2.56 bits per heavy atom. The first-order chi connectivity index (χ1) is 7.52. The fraction of sp³-hybridized carbons (Fsp3) is 0.636. The van der Waals surface area contributed by atoms with Crippen LogP contribution in [0.4, 0.5) is 0 Å². The molecule has 0 spiro atoms. The number of ether oxygens (including phenoxy) is 2. The Morgan fingerprint density at radius 1 is 1.31 bits per heavy atom. The normalized spacial score (nSPS) is 12.9. The van der Waals surface area contributed by atoms with Gasteiger partial charge in [-0.25, -0.2) is 4.98 Å². The number of methoxy groups -OCH3 is 1. The van der Waals surface area contributed by atoms with Crippen LogP contribution >= 0.6 is 15.9 Å². The van der Waals surface area contributed by atoms with Crippen LogP contribution in [0, 0.1) is 0 Å². The predicted octanol–water partition coefficient (Wildman–Crippen LogP) is 2.78. The maximum atomic E-state index is 5.62. The van der Waals surface area contributed by atoms with Crippen molar-refractivity contribution in [1.29, 1.82) is 0 Å². The van der Waals surface area contributed by atoms with Gasteiger partial charge in [0.05, 0.1) is 6.61 Å². The summed E-state index contributed by atoms with van der Waals surface area (Å²) < 4.78 is 11.4. The molecule has 4 nitrogen and oxygen atoms in total. The minimum atomic E-state index is -0.0215. The molecule has 0 aliphatic heterocycles. The van der Waals surface area contributed by atoms with Crippen LogP contribution in [-0.4, -0.2) is 29.8 Å². The molecule has 1 aromatic heterocycles. The van der Waals surface area contributed by atoms with Crippen LogP contribution in [0.3, 0.4) is 0 Å². The average molecular weight is 289 g/mol. The Balaban J connectivity index is 2.80. The number of aromatic nitrogens is 2. The summed E-state index contributed by atoms with van der Waals surface area (Å²) in [6, 6.07) is 1.76. The van der Waals surface area contributed by atoms with E-state index in [4.69, 9.17) is 9.47 Å². The zero-order valence-electron chi connectivity index (χ0n) is 10.0. The number of nitrogens with zero attached hydrogens (tertiary/aromatic N) is 2. The van der Waals surface area contributed by atoms with Crippen molar-refractivity contribution in [3.63, 3.8) is 0 Å². The fourth-order valence-electron chi connectivity index (χ4n) is 1.21. The average Bonchev–Trinajstić information content (AvgIpc) is 2.16. The van der Waals surface area contributed by atoms with Crippen LogP contribution in [0.2, 0.25) is 0 Å². The summed E-state index contributed by atoms with van der Waals surface area (Å²) in [4.78, 5) is 8.62. The Bertz CT molecular complexity index is 345. The highest BCUT2D eigenvalue weighted by molar-refractivity contribution is 9.10. The van der Waals surface area contributed by atoms with Crippen molar-refractivity contribution in [2.24, 2.45) is 0 Å². The molecule has 0 amide bonds. The fourth-order valence-corrected chi connectivity index (χ4v) is 1.58. The second kappa shape index (κ2) is 6.15. The minimum absolute atomic E-state index is 0.0215. The molecule has 16 heavy (non-hydrogen) atoms. The zero-order valence-corrected chi connectivity index (χ0v) is 11.6. The molecule has 1 atom stereocenters. The van der Waals surface area contributed by atoms with Crippen LogP contribution in [0.5, 0.6) is 5.88 Å². The van der Waals surface area contributed by atoms with Crippen molar-refractivity contribution < 1.29 is 9.47 Å². The molecule has 0 fully saturated rings. The van der Waals surface area contributed by atoms with E-state index in [-0.39, 0.29) is 12.0 Å². The van der Waals surface area contributed by atoms with E-state index >= 15 is 0 Å². The molecule has 1 heterocycles. The summed E-state index contributed by atoms with van der Waals surface area (Å²) >= 11 is 3.35. The largest absolute Gasteiger partial charge is 0.472 e. The van der Waals surface area contributed by atoms with Gasteiger partial charge in [0, 0.05) is 19.1 Å². The minimum Gasteiger partial charge on any atom is -0.472 e. The molecular formula is C11H17BrN2O2. The monoisotopic (exact) mass is 288 g/mol. The van der Waals surface area contributed by atoms with Gasteiger partial charge in [-0.05, 0) is 22.9 Å². The molecule has 1 rings (SSSR count). The molecule has 0 radical (unpaired) electrons. The van der Waals surface area contributed by atoms with Gasteiger partial charge in [0.25, 0.3) is 0 Å². The van der Waals surface area contributed by atoms with Gasteiger partial charge < -0.3 is 9.47 Å². The van der Waals surface area contributed by atoms with Crippen molar-refractivity contribution in [2.75, 3.05) is 13.7 Å². The van der Waals surface area contributed by atoms with Crippen molar-refractivity contribution in [3.05, 3.63) is 16.5 Å². The molecule has 0 aliphatic carbocycles. The summed E-state index contributed by atoms with van der Waals surface area (Å²) in [7, 11) is 1.65. The lowest BCUT2D eigenvalue weighted by Crippen LogP contribution is -2.19. The molecule has 0 aliphatic rings. The van der Waals surface area contributed by atoms with Gasteiger partial charge in [0.15, 0.2) is 0 Å². The first-order valence-corrected chi connectivity index (χ1v) is 6.02. The van der Waals surface area contributed by atoms with E-state index in [2.05, 4.69) is 25.9 Å². The number of halogens is 1. The Labute approximate surface area is 105 Å². The summed E-state index contributed by atoms with van der Waals surface area (Å²) in [5, 5.41) is 0. The summed E-state index contributed by atoms with van der Waals surface area (Å²) in [5.74, 6) is 1.63. The third-order valence-electron chi connectivity index (χ3n) is 1.93. The van der Waals surface area contributed by atoms with E-state index in [0.717, 1.165) is 10.4 Å². The summed E-state index contributed by atoms with van der Waals surface area (Å²) in [6.07, 6.45) is -0.0215. The van der Waals surface area contributed by atoms with Gasteiger partial charge in [0.1, 0.15) is 16.5 Å². The quantitative estimate of drug-likeness (QED) is 0.782. The number of hydrogen-bond donors (Lipinski definition) is 0. The van der Waals surface area contributed by atoms with Gasteiger partial charge in [-0.2, -0.15) is 4.98 Å². The SMILES string of the molecule is COCC(C)Oc1cc(Br)nc(C(C)C)n1.